The second-order valence-corrected chi connectivity index (χ2v) is 6.02. The first kappa shape index (κ1) is 14.1. The molecule has 0 radical (unpaired) electrons. The van der Waals surface area contributed by atoms with E-state index in [0.717, 1.165) is 15.2 Å². The summed E-state index contributed by atoms with van der Waals surface area (Å²) in [6, 6.07) is 7.33. The van der Waals surface area contributed by atoms with E-state index in [2.05, 4.69) is 46.9 Å². The Morgan fingerprint density at radius 3 is 2.29 bits per heavy atom. The van der Waals surface area contributed by atoms with E-state index >= 15 is 0 Å². The van der Waals surface area contributed by atoms with E-state index in [9.17, 15) is 4.79 Å². The molecule has 7 heteroatoms. The average Bonchev–Trinajstić information content (AvgIpc) is 2.93. The van der Waals surface area contributed by atoms with Crippen LogP contribution in [-0.2, 0) is 0 Å². The molecule has 3 rings (SSSR count). The van der Waals surface area contributed by atoms with Gasteiger partial charge in [-0.3, -0.25) is 9.78 Å². The molecule has 3 heterocycles. The summed E-state index contributed by atoms with van der Waals surface area (Å²) in [6.07, 6.45) is 5.75. The van der Waals surface area contributed by atoms with Crippen LogP contribution in [0.15, 0.2) is 51.8 Å². The lowest BCUT2D eigenvalue weighted by atomic mass is 10.2. The fourth-order valence-corrected chi connectivity index (χ4v) is 2.28. The molecule has 0 aliphatic carbocycles. The van der Waals surface area contributed by atoms with E-state index in [1.54, 1.807) is 29.3 Å². The van der Waals surface area contributed by atoms with Crippen LogP contribution < -0.4 is 0 Å². The molecule has 104 valence electrons. The average molecular weight is 408 g/mol. The highest BCUT2D eigenvalue weighted by Gasteiger charge is 2.13. The number of pyridine rings is 2. The van der Waals surface area contributed by atoms with Crippen LogP contribution in [-0.4, -0.2) is 26.0 Å². The monoisotopic (exact) mass is 406 g/mol. The first-order valence-corrected chi connectivity index (χ1v) is 7.54. The van der Waals surface area contributed by atoms with Gasteiger partial charge in [0.05, 0.1) is 11.3 Å². The molecule has 0 saturated carbocycles. The van der Waals surface area contributed by atoms with E-state index in [1.807, 2.05) is 18.2 Å². The second-order valence-electron chi connectivity index (χ2n) is 4.19. The fourth-order valence-electron chi connectivity index (χ4n) is 1.81. The third kappa shape index (κ3) is 2.93. The van der Waals surface area contributed by atoms with Gasteiger partial charge in [-0.15, -0.1) is 0 Å². The number of halogens is 2. The van der Waals surface area contributed by atoms with Crippen LogP contribution in [0, 0.1) is 0 Å². The van der Waals surface area contributed by atoms with Crippen molar-refractivity contribution >= 4 is 38.1 Å². The number of aromatic nitrogens is 4. The van der Waals surface area contributed by atoms with Gasteiger partial charge < -0.3 is 0 Å². The van der Waals surface area contributed by atoms with Crippen LogP contribution >= 0.6 is 31.9 Å². The predicted molar refractivity (Wildman–Crippen MR) is 85.4 cm³/mol. The topological polar surface area (TPSA) is 60.7 Å². The Balaban J connectivity index is 2.08. The zero-order valence-electron chi connectivity index (χ0n) is 10.6. The zero-order valence-corrected chi connectivity index (χ0v) is 13.7. The van der Waals surface area contributed by atoms with Crippen molar-refractivity contribution in [3.63, 3.8) is 0 Å². The maximum absolute atomic E-state index is 11.2. The lowest BCUT2D eigenvalue weighted by Crippen LogP contribution is -1.97. The molecule has 0 bridgehead atoms. The Labute approximate surface area is 137 Å². The Hall–Kier alpha value is -1.86. The molecule has 0 aromatic carbocycles. The van der Waals surface area contributed by atoms with Gasteiger partial charge >= 0.3 is 0 Å². The van der Waals surface area contributed by atoms with Crippen LogP contribution in [0.3, 0.4) is 0 Å². The third-order valence-electron chi connectivity index (χ3n) is 2.79. The van der Waals surface area contributed by atoms with Crippen molar-refractivity contribution in [3.8, 4) is 17.2 Å². The molecule has 3 aromatic heterocycles. The Kier molecular flexibility index (Phi) is 3.94. The van der Waals surface area contributed by atoms with Crippen molar-refractivity contribution in [3.05, 3.63) is 57.4 Å². The molecule has 0 saturated heterocycles. The molecule has 0 unspecified atom stereocenters. The number of carbonyl (C=O) groups excluding carboxylic acids is 1. The van der Waals surface area contributed by atoms with E-state index in [1.165, 1.54) is 0 Å². The minimum atomic E-state index is 0.467. The van der Waals surface area contributed by atoms with E-state index < -0.39 is 0 Å². The molecule has 5 nitrogen and oxygen atoms in total. The first-order chi connectivity index (χ1) is 10.2. The van der Waals surface area contributed by atoms with Gasteiger partial charge in [0.1, 0.15) is 5.69 Å². The quantitative estimate of drug-likeness (QED) is 0.621. The molecule has 0 spiro atoms. The second kappa shape index (κ2) is 5.87. The van der Waals surface area contributed by atoms with Gasteiger partial charge in [-0.2, -0.15) is 5.10 Å². The zero-order chi connectivity index (χ0) is 14.8. The van der Waals surface area contributed by atoms with Crippen molar-refractivity contribution in [2.45, 2.75) is 0 Å². The Bertz CT molecular complexity index is 782. The minimum absolute atomic E-state index is 0.467. The van der Waals surface area contributed by atoms with Crippen molar-refractivity contribution in [1.29, 1.82) is 0 Å². The number of nitrogens with zero attached hydrogens (tertiary/aromatic N) is 4. The van der Waals surface area contributed by atoms with E-state index in [0.29, 0.717) is 22.8 Å². The van der Waals surface area contributed by atoms with Crippen LogP contribution in [0.1, 0.15) is 10.4 Å². The summed E-state index contributed by atoms with van der Waals surface area (Å²) in [5.41, 5.74) is 1.63. The minimum Gasteiger partial charge on any atom is -0.298 e. The molecule has 0 fully saturated rings. The van der Waals surface area contributed by atoms with Crippen LogP contribution in [0.2, 0.25) is 0 Å². The summed E-state index contributed by atoms with van der Waals surface area (Å²) in [5.74, 6) is 0.629. The molecular weight excluding hydrogens is 400 g/mol. The number of carbonyl (C=O) groups is 1. The number of aldehydes is 1. The summed E-state index contributed by atoms with van der Waals surface area (Å²) < 4.78 is 3.31. The molecule has 0 N–H and O–H groups in total. The maximum atomic E-state index is 11.2. The molecule has 21 heavy (non-hydrogen) atoms. The molecule has 0 aliphatic heterocycles. The summed E-state index contributed by atoms with van der Waals surface area (Å²) >= 11 is 6.66. The van der Waals surface area contributed by atoms with E-state index in [4.69, 9.17) is 0 Å². The summed E-state index contributed by atoms with van der Waals surface area (Å²) in [7, 11) is 0. The Morgan fingerprint density at radius 1 is 1.00 bits per heavy atom. The summed E-state index contributed by atoms with van der Waals surface area (Å²) in [5, 5.41) is 4.41. The van der Waals surface area contributed by atoms with Crippen molar-refractivity contribution in [2.75, 3.05) is 0 Å². The van der Waals surface area contributed by atoms with Gasteiger partial charge in [0, 0.05) is 27.5 Å². The van der Waals surface area contributed by atoms with Gasteiger partial charge in [0.15, 0.2) is 12.1 Å². The van der Waals surface area contributed by atoms with Crippen molar-refractivity contribution < 1.29 is 4.79 Å². The van der Waals surface area contributed by atoms with Gasteiger partial charge in [0.2, 0.25) is 0 Å². The fraction of sp³-hybridized carbons (Fsp3) is 0. The van der Waals surface area contributed by atoms with Crippen LogP contribution in [0.5, 0.6) is 0 Å². The lowest BCUT2D eigenvalue weighted by Gasteiger charge is -2.00. The van der Waals surface area contributed by atoms with Crippen molar-refractivity contribution in [2.24, 2.45) is 0 Å². The third-order valence-corrected chi connectivity index (χ3v) is 3.72. The highest BCUT2D eigenvalue weighted by atomic mass is 79.9. The predicted octanol–water partition coefficient (Wildman–Crippen LogP) is 3.67. The smallest absolute Gasteiger partial charge is 0.153 e. The van der Waals surface area contributed by atoms with Gasteiger partial charge in [-0.1, -0.05) is 0 Å². The largest absolute Gasteiger partial charge is 0.298 e. The number of hydrogen-bond acceptors (Lipinski definition) is 4. The Morgan fingerprint density at radius 2 is 1.71 bits per heavy atom. The van der Waals surface area contributed by atoms with Gasteiger partial charge in [-0.05, 0) is 56.1 Å². The first-order valence-electron chi connectivity index (χ1n) is 5.96. The standard InChI is InChI=1S/C14H8Br2N4O/c15-10-1-3-12(17-5-10)14-9(8-21)7-20(19-14)13-4-2-11(16)6-18-13/h1-8H. The highest BCUT2D eigenvalue weighted by Crippen LogP contribution is 2.22. The van der Waals surface area contributed by atoms with E-state index in [-0.39, 0.29) is 0 Å². The summed E-state index contributed by atoms with van der Waals surface area (Å²) in [6.45, 7) is 0. The molecular formula is C14H8Br2N4O. The number of rotatable bonds is 3. The van der Waals surface area contributed by atoms with Crippen LogP contribution in [0.4, 0.5) is 0 Å². The molecule has 0 amide bonds. The molecule has 0 atom stereocenters. The molecule has 3 aromatic rings. The normalized spacial score (nSPS) is 10.6. The summed E-state index contributed by atoms with van der Waals surface area (Å²) in [4.78, 5) is 19.8. The van der Waals surface area contributed by atoms with Gasteiger partial charge in [0.25, 0.3) is 0 Å². The highest BCUT2D eigenvalue weighted by molar-refractivity contribution is 9.10. The molecule has 0 aliphatic rings. The van der Waals surface area contributed by atoms with Crippen LogP contribution in [0.25, 0.3) is 17.2 Å². The SMILES string of the molecule is O=Cc1cn(-c2ccc(Br)cn2)nc1-c1ccc(Br)cn1. The van der Waals surface area contributed by atoms with Gasteiger partial charge in [-0.25, -0.2) is 9.67 Å². The number of hydrogen-bond donors (Lipinski definition) is 0. The van der Waals surface area contributed by atoms with Crippen molar-refractivity contribution in [1.82, 2.24) is 19.7 Å². The lowest BCUT2D eigenvalue weighted by molar-refractivity contribution is 0.112. The maximum Gasteiger partial charge on any atom is 0.153 e.